The molecule has 0 aliphatic carbocycles. The molecule has 1 heterocycles. The van der Waals surface area contributed by atoms with Crippen molar-refractivity contribution in [2.45, 2.75) is 32.3 Å². The molecule has 0 saturated heterocycles. The standard InChI is InChI=1S/C12H12Br2O3/c1-2-3-4-8-9-6(13)5-7(14)11(15)10(9)12(16)17-8/h5,8,15H,2-4H2,1H3. The molecule has 1 N–H and O–H groups in total. The monoisotopic (exact) mass is 362 g/mol. The number of carbonyl (C=O) groups is 1. The Labute approximate surface area is 116 Å². The van der Waals surface area contributed by atoms with Gasteiger partial charge in [0.15, 0.2) is 0 Å². The second-order valence-corrected chi connectivity index (χ2v) is 5.72. The second-order valence-electron chi connectivity index (χ2n) is 4.01. The molecule has 1 atom stereocenters. The number of esters is 1. The lowest BCUT2D eigenvalue weighted by Gasteiger charge is -2.11. The molecule has 0 amide bonds. The van der Waals surface area contributed by atoms with Crippen LogP contribution in [0, 0.1) is 0 Å². The third-order valence-electron chi connectivity index (χ3n) is 2.84. The van der Waals surface area contributed by atoms with Gasteiger partial charge in [-0.2, -0.15) is 0 Å². The number of rotatable bonds is 3. The summed E-state index contributed by atoms with van der Waals surface area (Å²) in [5, 5.41) is 9.89. The van der Waals surface area contributed by atoms with Crippen LogP contribution in [0.4, 0.5) is 0 Å². The van der Waals surface area contributed by atoms with Crippen LogP contribution in [0.3, 0.4) is 0 Å². The van der Waals surface area contributed by atoms with Gasteiger partial charge in [0, 0.05) is 10.0 Å². The van der Waals surface area contributed by atoms with Crippen molar-refractivity contribution in [1.29, 1.82) is 0 Å². The Balaban J connectivity index is 2.47. The van der Waals surface area contributed by atoms with E-state index in [1.165, 1.54) is 0 Å². The molecular weight excluding hydrogens is 352 g/mol. The number of halogens is 2. The van der Waals surface area contributed by atoms with Gasteiger partial charge < -0.3 is 9.84 Å². The van der Waals surface area contributed by atoms with Crippen LogP contribution in [0.25, 0.3) is 0 Å². The number of unbranched alkanes of at least 4 members (excludes halogenated alkanes) is 1. The van der Waals surface area contributed by atoms with Crippen molar-refractivity contribution >= 4 is 37.8 Å². The van der Waals surface area contributed by atoms with Crippen LogP contribution in [0.5, 0.6) is 5.75 Å². The summed E-state index contributed by atoms with van der Waals surface area (Å²) in [4.78, 5) is 11.7. The Kier molecular flexibility index (Phi) is 3.78. The zero-order valence-corrected chi connectivity index (χ0v) is 12.5. The van der Waals surface area contributed by atoms with Gasteiger partial charge in [0.2, 0.25) is 0 Å². The quantitative estimate of drug-likeness (QED) is 0.813. The van der Waals surface area contributed by atoms with Gasteiger partial charge in [0.25, 0.3) is 0 Å². The van der Waals surface area contributed by atoms with Crippen molar-refractivity contribution in [3.63, 3.8) is 0 Å². The highest BCUT2D eigenvalue weighted by Gasteiger charge is 2.36. The smallest absolute Gasteiger partial charge is 0.343 e. The number of phenols is 1. The molecule has 0 fully saturated rings. The molecule has 1 unspecified atom stereocenters. The van der Waals surface area contributed by atoms with Crippen LogP contribution in [0.1, 0.15) is 48.2 Å². The van der Waals surface area contributed by atoms with Gasteiger partial charge in [-0.1, -0.05) is 29.3 Å². The molecule has 5 heteroatoms. The summed E-state index contributed by atoms with van der Waals surface area (Å²) in [6.45, 7) is 2.09. The number of fused-ring (bicyclic) bond motifs is 1. The van der Waals surface area contributed by atoms with Gasteiger partial charge >= 0.3 is 5.97 Å². The van der Waals surface area contributed by atoms with Crippen molar-refractivity contribution in [1.82, 2.24) is 0 Å². The molecule has 3 nitrogen and oxygen atoms in total. The first-order valence-electron chi connectivity index (χ1n) is 5.48. The highest BCUT2D eigenvalue weighted by atomic mass is 79.9. The molecule has 1 aromatic rings. The number of aromatic hydroxyl groups is 1. The van der Waals surface area contributed by atoms with E-state index in [1.54, 1.807) is 6.07 Å². The number of cyclic esters (lactones) is 1. The van der Waals surface area contributed by atoms with Gasteiger partial charge in [-0.3, -0.25) is 0 Å². The first kappa shape index (κ1) is 12.9. The Morgan fingerprint density at radius 1 is 1.41 bits per heavy atom. The third-order valence-corrected chi connectivity index (χ3v) is 4.10. The van der Waals surface area contributed by atoms with Gasteiger partial charge in [-0.25, -0.2) is 4.79 Å². The van der Waals surface area contributed by atoms with Gasteiger partial charge in [-0.15, -0.1) is 0 Å². The van der Waals surface area contributed by atoms with Gasteiger partial charge in [-0.05, 0) is 34.8 Å². The maximum absolute atomic E-state index is 11.7. The highest BCUT2D eigenvalue weighted by Crippen LogP contribution is 2.45. The van der Waals surface area contributed by atoms with Crippen molar-refractivity contribution in [2.24, 2.45) is 0 Å². The van der Waals surface area contributed by atoms with E-state index in [0.29, 0.717) is 4.47 Å². The largest absolute Gasteiger partial charge is 0.506 e. The van der Waals surface area contributed by atoms with E-state index in [1.807, 2.05) is 0 Å². The number of benzene rings is 1. The third kappa shape index (κ3) is 2.22. The van der Waals surface area contributed by atoms with E-state index in [0.717, 1.165) is 29.3 Å². The SMILES string of the molecule is CCCCC1OC(=O)c2c(O)c(Br)cc(Br)c21. The molecular formula is C12H12Br2O3. The van der Waals surface area contributed by atoms with Gasteiger partial charge in [0.1, 0.15) is 17.4 Å². The minimum absolute atomic E-state index is 0.0350. The van der Waals surface area contributed by atoms with Crippen LogP contribution in [0.15, 0.2) is 15.0 Å². The van der Waals surface area contributed by atoms with Crippen molar-refractivity contribution in [2.75, 3.05) is 0 Å². The van der Waals surface area contributed by atoms with Crippen LogP contribution in [0.2, 0.25) is 0 Å². The Morgan fingerprint density at radius 3 is 2.76 bits per heavy atom. The summed E-state index contributed by atoms with van der Waals surface area (Å²) in [5.41, 5.74) is 1.05. The number of phenolic OH excluding ortho intramolecular Hbond substituents is 1. The van der Waals surface area contributed by atoms with Crippen molar-refractivity contribution in [3.05, 3.63) is 26.1 Å². The van der Waals surface area contributed by atoms with E-state index in [4.69, 9.17) is 4.74 Å². The molecule has 0 aromatic heterocycles. The maximum Gasteiger partial charge on any atom is 0.343 e. The predicted molar refractivity (Wildman–Crippen MR) is 71.2 cm³/mol. The highest BCUT2D eigenvalue weighted by molar-refractivity contribution is 9.11. The average molecular weight is 364 g/mol. The normalized spacial score (nSPS) is 18.1. The van der Waals surface area contributed by atoms with E-state index in [2.05, 4.69) is 38.8 Å². The number of hydrogen-bond acceptors (Lipinski definition) is 3. The zero-order chi connectivity index (χ0) is 12.6. The zero-order valence-electron chi connectivity index (χ0n) is 9.30. The summed E-state index contributed by atoms with van der Waals surface area (Å²) >= 11 is 6.63. The van der Waals surface area contributed by atoms with Crippen LogP contribution in [-0.2, 0) is 4.74 Å². The first-order chi connectivity index (χ1) is 8.06. The molecule has 92 valence electrons. The minimum atomic E-state index is -0.444. The van der Waals surface area contributed by atoms with Crippen molar-refractivity contribution < 1.29 is 14.6 Å². The summed E-state index contributed by atoms with van der Waals surface area (Å²) in [5.74, 6) is -0.479. The minimum Gasteiger partial charge on any atom is -0.506 e. The summed E-state index contributed by atoms with van der Waals surface area (Å²) in [6, 6.07) is 1.75. The van der Waals surface area contributed by atoms with E-state index in [9.17, 15) is 9.90 Å². The van der Waals surface area contributed by atoms with Crippen LogP contribution in [-0.4, -0.2) is 11.1 Å². The molecule has 1 aromatic carbocycles. The molecule has 1 aliphatic rings. The van der Waals surface area contributed by atoms with Crippen LogP contribution < -0.4 is 0 Å². The van der Waals surface area contributed by atoms with E-state index >= 15 is 0 Å². The number of hydrogen-bond donors (Lipinski definition) is 1. The molecule has 0 spiro atoms. The molecule has 0 bridgehead atoms. The molecule has 1 aliphatic heterocycles. The lowest BCUT2D eigenvalue weighted by Crippen LogP contribution is -1.98. The van der Waals surface area contributed by atoms with Crippen molar-refractivity contribution in [3.8, 4) is 5.75 Å². The maximum atomic E-state index is 11.7. The molecule has 17 heavy (non-hydrogen) atoms. The first-order valence-corrected chi connectivity index (χ1v) is 7.06. The lowest BCUT2D eigenvalue weighted by molar-refractivity contribution is 0.0362. The predicted octanol–water partition coefficient (Wildman–Crippen LogP) is 4.32. The fraction of sp³-hybridized carbons (Fsp3) is 0.417. The number of ether oxygens (including phenoxy) is 1. The van der Waals surface area contributed by atoms with Gasteiger partial charge in [0.05, 0.1) is 4.47 Å². The summed E-state index contributed by atoms with van der Waals surface area (Å²) < 4.78 is 6.59. The topological polar surface area (TPSA) is 46.5 Å². The Bertz CT molecular complexity index is 471. The molecule has 0 saturated carbocycles. The fourth-order valence-electron chi connectivity index (χ4n) is 1.99. The molecule has 0 radical (unpaired) electrons. The number of carbonyl (C=O) groups excluding carboxylic acids is 1. The van der Waals surface area contributed by atoms with E-state index in [-0.39, 0.29) is 17.4 Å². The average Bonchev–Trinajstić information content (AvgIpc) is 2.61. The summed E-state index contributed by atoms with van der Waals surface area (Å²) in [7, 11) is 0. The fourth-order valence-corrected chi connectivity index (χ4v) is 3.40. The summed E-state index contributed by atoms with van der Waals surface area (Å²) in [6.07, 6.45) is 2.57. The molecule has 2 rings (SSSR count). The Hall–Kier alpha value is -0.550. The Morgan fingerprint density at radius 2 is 2.12 bits per heavy atom. The van der Waals surface area contributed by atoms with E-state index < -0.39 is 5.97 Å². The lowest BCUT2D eigenvalue weighted by atomic mass is 10.0. The van der Waals surface area contributed by atoms with Crippen LogP contribution >= 0.6 is 31.9 Å². The second kappa shape index (κ2) is 4.98.